The van der Waals surface area contributed by atoms with E-state index in [0.717, 1.165) is 0 Å². The molecule has 318 valence electrons. The lowest BCUT2D eigenvalue weighted by molar-refractivity contribution is 1.23. The molecule has 0 aromatic heterocycles. The van der Waals surface area contributed by atoms with Gasteiger partial charge in [-0.05, 0) is 215 Å². The van der Waals surface area contributed by atoms with Gasteiger partial charge < -0.3 is 0 Å². The van der Waals surface area contributed by atoms with Gasteiger partial charge in [0.25, 0.3) is 0 Å². The maximum Gasteiger partial charge on any atom is -0.0149 e. The molecule has 0 amide bonds. The van der Waals surface area contributed by atoms with Crippen LogP contribution in [-0.2, 0) is 0 Å². The first-order valence-corrected chi connectivity index (χ1v) is 22.2. The fraction of sp³-hybridized carbons (Fsp3) is 0.258. The van der Waals surface area contributed by atoms with Crippen molar-refractivity contribution in [3.8, 4) is 0 Å². The van der Waals surface area contributed by atoms with Crippen LogP contribution < -0.4 is 0 Å². The summed E-state index contributed by atoms with van der Waals surface area (Å²) in [6.07, 6.45) is 0. The van der Waals surface area contributed by atoms with Crippen LogP contribution in [0.3, 0.4) is 0 Å². The Morgan fingerprint density at radius 3 is 0.790 bits per heavy atom. The van der Waals surface area contributed by atoms with Crippen molar-refractivity contribution >= 4 is 43.1 Å². The van der Waals surface area contributed by atoms with E-state index in [1.54, 1.807) is 0 Å². The Labute approximate surface area is 374 Å². The molecular formula is C62H70. The maximum atomic E-state index is 2.24. The van der Waals surface area contributed by atoms with Crippen LogP contribution >= 0.6 is 0 Å². The van der Waals surface area contributed by atoms with E-state index in [2.05, 4.69) is 244 Å². The third-order valence-corrected chi connectivity index (χ3v) is 12.9. The number of rotatable bonds is 0. The molecule has 0 spiro atoms. The Kier molecular flexibility index (Phi) is 15.7. The van der Waals surface area contributed by atoms with Gasteiger partial charge in [0.05, 0.1) is 0 Å². The van der Waals surface area contributed by atoms with Gasteiger partial charge in [0, 0.05) is 0 Å². The molecule has 0 fully saturated rings. The fourth-order valence-electron chi connectivity index (χ4n) is 8.09. The number of hydrogen-bond acceptors (Lipinski definition) is 0. The molecule has 0 bridgehead atoms. The molecule has 9 aromatic rings. The standard InChI is InChI=1S/C14H16.2C13H14.C12H12.C10H14/c1-9-5-7-14-12(4)10(2)6-8-13(14)11(9)3;2*1-9-4-7-13-11(3)10(2)5-6-12(13)8-9;1-9-3-5-12-8-10(2)4-6-11(12)7-9;1-7-5-8(2)10(4)9(3)6-7/h5-8H,1-4H3;2*4-8H,1-3H3;3-8H,1-2H3;5-6H,1-4H3. The summed E-state index contributed by atoms with van der Waals surface area (Å²) < 4.78 is 0. The fourth-order valence-corrected chi connectivity index (χ4v) is 8.09. The van der Waals surface area contributed by atoms with E-state index in [4.69, 9.17) is 0 Å². The summed E-state index contributed by atoms with van der Waals surface area (Å²) in [6, 6.07) is 48.5. The normalized spacial score (nSPS) is 10.6. The molecule has 0 aliphatic rings. The predicted octanol–water partition coefficient (Wildman–Crippen LogP) is 18.0. The Morgan fingerprint density at radius 2 is 0.435 bits per heavy atom. The molecule has 0 nitrogen and oxygen atoms in total. The van der Waals surface area contributed by atoms with Crippen molar-refractivity contribution in [1.82, 2.24) is 0 Å². The van der Waals surface area contributed by atoms with Crippen molar-refractivity contribution in [3.63, 3.8) is 0 Å². The van der Waals surface area contributed by atoms with Crippen LogP contribution in [0, 0.1) is 111 Å². The van der Waals surface area contributed by atoms with Gasteiger partial charge in [-0.25, -0.2) is 0 Å². The highest BCUT2D eigenvalue weighted by atomic mass is 14.1. The minimum atomic E-state index is 1.33. The molecule has 0 heterocycles. The summed E-state index contributed by atoms with van der Waals surface area (Å²) in [6.45, 7) is 34.6. The summed E-state index contributed by atoms with van der Waals surface area (Å²) in [7, 11) is 0. The van der Waals surface area contributed by atoms with Gasteiger partial charge in [-0.15, -0.1) is 0 Å². The second kappa shape index (κ2) is 20.7. The predicted molar refractivity (Wildman–Crippen MR) is 278 cm³/mol. The zero-order valence-electron chi connectivity index (χ0n) is 40.7. The van der Waals surface area contributed by atoms with E-state index in [1.807, 2.05) is 0 Å². The van der Waals surface area contributed by atoms with Gasteiger partial charge in [-0.3, -0.25) is 0 Å². The van der Waals surface area contributed by atoms with Crippen molar-refractivity contribution in [2.24, 2.45) is 0 Å². The lowest BCUT2D eigenvalue weighted by Gasteiger charge is -2.09. The van der Waals surface area contributed by atoms with Gasteiger partial charge in [-0.1, -0.05) is 161 Å². The summed E-state index contributed by atoms with van der Waals surface area (Å²) >= 11 is 0. The van der Waals surface area contributed by atoms with Crippen LogP contribution in [0.5, 0.6) is 0 Å². The molecule has 62 heavy (non-hydrogen) atoms. The number of fused-ring (bicyclic) bond motifs is 4. The molecule has 0 aliphatic heterocycles. The highest BCUT2D eigenvalue weighted by Crippen LogP contribution is 2.27. The average Bonchev–Trinajstić information content (AvgIpc) is 3.23. The molecule has 9 aromatic carbocycles. The van der Waals surface area contributed by atoms with Crippen molar-refractivity contribution in [3.05, 3.63) is 222 Å². The molecule has 0 radical (unpaired) electrons. The molecule has 0 atom stereocenters. The van der Waals surface area contributed by atoms with Gasteiger partial charge in [0.1, 0.15) is 0 Å². The summed E-state index contributed by atoms with van der Waals surface area (Å²) in [5.41, 5.74) is 22.0. The third-order valence-electron chi connectivity index (χ3n) is 12.9. The topological polar surface area (TPSA) is 0 Å². The largest absolute Gasteiger partial charge is 0.0587 e. The monoisotopic (exact) mass is 815 g/mol. The lowest BCUT2D eigenvalue weighted by Crippen LogP contribution is -1.88. The molecular weight excluding hydrogens is 745 g/mol. The Bertz CT molecular complexity index is 2810. The van der Waals surface area contributed by atoms with E-state index >= 15 is 0 Å². The van der Waals surface area contributed by atoms with Crippen molar-refractivity contribution in [2.45, 2.75) is 111 Å². The van der Waals surface area contributed by atoms with E-state index in [-0.39, 0.29) is 0 Å². The van der Waals surface area contributed by atoms with Crippen LogP contribution in [-0.4, -0.2) is 0 Å². The Hall–Kier alpha value is -5.98. The van der Waals surface area contributed by atoms with E-state index in [9.17, 15) is 0 Å². The molecule has 9 rings (SSSR count). The van der Waals surface area contributed by atoms with Crippen molar-refractivity contribution in [2.75, 3.05) is 0 Å². The number of hydrogen-bond donors (Lipinski definition) is 0. The second-order valence-electron chi connectivity index (χ2n) is 18.0. The highest BCUT2D eigenvalue weighted by Gasteiger charge is 2.04. The first kappa shape index (κ1) is 47.1. The number of benzene rings is 9. The first-order chi connectivity index (χ1) is 29.3. The minimum Gasteiger partial charge on any atom is -0.0587 e. The average molecular weight is 815 g/mol. The second-order valence-corrected chi connectivity index (χ2v) is 18.0. The molecule has 0 aliphatic carbocycles. The first-order valence-electron chi connectivity index (χ1n) is 22.2. The molecule has 0 unspecified atom stereocenters. The number of aryl methyl sites for hydroxylation is 15. The molecule has 0 heteroatoms. The van der Waals surface area contributed by atoms with Crippen LogP contribution in [0.4, 0.5) is 0 Å². The summed E-state index contributed by atoms with van der Waals surface area (Å²) in [5.74, 6) is 0. The van der Waals surface area contributed by atoms with E-state index in [1.165, 1.54) is 132 Å². The van der Waals surface area contributed by atoms with Crippen LogP contribution in [0.25, 0.3) is 43.1 Å². The smallest absolute Gasteiger partial charge is 0.0149 e. The van der Waals surface area contributed by atoms with Gasteiger partial charge in [-0.2, -0.15) is 0 Å². The highest BCUT2D eigenvalue weighted by molar-refractivity contribution is 5.90. The van der Waals surface area contributed by atoms with Crippen LogP contribution in [0.15, 0.2) is 133 Å². The van der Waals surface area contributed by atoms with Gasteiger partial charge >= 0.3 is 0 Å². The Morgan fingerprint density at radius 1 is 0.177 bits per heavy atom. The zero-order chi connectivity index (χ0) is 45.4. The molecule has 0 saturated carbocycles. The summed E-state index contributed by atoms with van der Waals surface area (Å²) in [5, 5.41) is 10.9. The van der Waals surface area contributed by atoms with E-state index in [0.29, 0.717) is 0 Å². The van der Waals surface area contributed by atoms with Crippen LogP contribution in [0.1, 0.15) is 89.0 Å². The summed E-state index contributed by atoms with van der Waals surface area (Å²) in [4.78, 5) is 0. The van der Waals surface area contributed by atoms with Crippen molar-refractivity contribution in [1.29, 1.82) is 0 Å². The zero-order valence-corrected chi connectivity index (χ0v) is 40.7. The van der Waals surface area contributed by atoms with Gasteiger partial charge in [0.15, 0.2) is 0 Å². The van der Waals surface area contributed by atoms with Crippen LogP contribution in [0.2, 0.25) is 0 Å². The lowest BCUT2D eigenvalue weighted by atomic mass is 9.95. The Balaban J connectivity index is 0.000000147. The quantitative estimate of drug-likeness (QED) is 0.143. The third kappa shape index (κ3) is 11.7. The maximum absolute atomic E-state index is 2.24. The minimum absolute atomic E-state index is 1.33. The van der Waals surface area contributed by atoms with E-state index < -0.39 is 0 Å². The SMILES string of the molecule is Cc1cc(C)c(C)c(C)c1.Cc1ccc2c(C)c(C)ccc2c1.Cc1ccc2c(C)c(C)ccc2c1.Cc1ccc2c(C)c(C)ccc2c1C.Cc1ccc2cc(C)ccc2c1. The van der Waals surface area contributed by atoms with Crippen molar-refractivity contribution < 1.29 is 0 Å². The molecule has 0 N–H and O–H groups in total. The van der Waals surface area contributed by atoms with Gasteiger partial charge in [0.2, 0.25) is 0 Å². The molecule has 0 saturated heterocycles.